The van der Waals surface area contributed by atoms with Crippen molar-refractivity contribution in [3.8, 4) is 0 Å². The Morgan fingerprint density at radius 1 is 1.12 bits per heavy atom. The zero-order chi connectivity index (χ0) is 22.4. The fraction of sp³-hybridized carbons (Fsp3) is 0.435. The number of amides is 1. The summed E-state index contributed by atoms with van der Waals surface area (Å²) < 4.78 is 0. The van der Waals surface area contributed by atoms with Gasteiger partial charge in [0.05, 0.1) is 10.9 Å². The first-order chi connectivity index (χ1) is 15.4. The Kier molecular flexibility index (Phi) is 5.03. The normalized spacial score (nSPS) is 18.1. The Balaban J connectivity index is 1.44. The molecule has 1 atom stereocenters. The van der Waals surface area contributed by atoms with E-state index in [1.54, 1.807) is 15.9 Å². The van der Waals surface area contributed by atoms with E-state index in [0.717, 1.165) is 49.1 Å². The number of carbonyl (C=O) groups excluding carboxylic acids is 1. The number of hydrogen-bond donors (Lipinski definition) is 2. The second-order valence-corrected chi connectivity index (χ2v) is 8.88. The van der Waals surface area contributed by atoms with Crippen molar-refractivity contribution in [1.82, 2.24) is 24.8 Å². The first-order valence-electron chi connectivity index (χ1n) is 11.0. The van der Waals surface area contributed by atoms with Crippen LogP contribution in [0.25, 0.3) is 10.9 Å². The van der Waals surface area contributed by atoms with Crippen molar-refractivity contribution >= 4 is 22.8 Å². The highest BCUT2D eigenvalue weighted by Crippen LogP contribution is 2.28. The van der Waals surface area contributed by atoms with E-state index in [2.05, 4.69) is 19.9 Å². The summed E-state index contributed by atoms with van der Waals surface area (Å²) in [6, 6.07) is 3.65. The Bertz CT molecular complexity index is 1330. The molecule has 3 aromatic rings. The molecule has 1 fully saturated rings. The van der Waals surface area contributed by atoms with Crippen molar-refractivity contribution in [2.24, 2.45) is 0 Å². The zero-order valence-electron chi connectivity index (χ0n) is 18.3. The van der Waals surface area contributed by atoms with Crippen molar-refractivity contribution in [3.05, 3.63) is 61.6 Å². The Morgan fingerprint density at radius 3 is 2.78 bits per heavy atom. The van der Waals surface area contributed by atoms with E-state index in [1.807, 2.05) is 20.2 Å². The molecule has 1 amide bonds. The minimum Gasteiger partial charge on any atom is -0.347 e. The predicted octanol–water partition coefficient (Wildman–Crippen LogP) is 1.58. The molecule has 166 valence electrons. The monoisotopic (exact) mass is 434 g/mol. The summed E-state index contributed by atoms with van der Waals surface area (Å²) in [4.78, 5) is 56.5. The van der Waals surface area contributed by atoms with Crippen molar-refractivity contribution in [2.75, 3.05) is 32.1 Å². The van der Waals surface area contributed by atoms with Gasteiger partial charge in [-0.2, -0.15) is 0 Å². The number of piperidine rings is 1. The van der Waals surface area contributed by atoms with Gasteiger partial charge in [-0.1, -0.05) is 0 Å². The molecular weight excluding hydrogens is 408 g/mol. The maximum absolute atomic E-state index is 13.2. The second-order valence-electron chi connectivity index (χ2n) is 8.88. The fourth-order valence-corrected chi connectivity index (χ4v) is 4.75. The van der Waals surface area contributed by atoms with Gasteiger partial charge in [-0.3, -0.25) is 14.4 Å². The van der Waals surface area contributed by atoms with E-state index in [-0.39, 0.29) is 28.5 Å². The molecule has 1 aliphatic carbocycles. The van der Waals surface area contributed by atoms with E-state index < -0.39 is 0 Å². The minimum absolute atomic E-state index is 0.0314. The second kappa shape index (κ2) is 7.89. The summed E-state index contributed by atoms with van der Waals surface area (Å²) in [5.74, 6) is 0.257. The van der Waals surface area contributed by atoms with Crippen LogP contribution in [0.5, 0.6) is 0 Å². The van der Waals surface area contributed by atoms with Gasteiger partial charge in [0.15, 0.2) is 0 Å². The molecule has 2 N–H and O–H groups in total. The summed E-state index contributed by atoms with van der Waals surface area (Å²) in [5.41, 5.74) is 3.02. The number of aromatic nitrogens is 4. The van der Waals surface area contributed by atoms with Crippen molar-refractivity contribution in [1.29, 1.82) is 0 Å². The number of nitrogens with one attached hydrogen (secondary N) is 2. The lowest BCUT2D eigenvalue weighted by Gasteiger charge is -2.32. The Morgan fingerprint density at radius 2 is 1.97 bits per heavy atom. The number of rotatable bonds is 3. The molecule has 9 nitrogen and oxygen atoms in total. The third-order valence-electron chi connectivity index (χ3n) is 6.47. The molecule has 9 heteroatoms. The van der Waals surface area contributed by atoms with Crippen LogP contribution in [0.2, 0.25) is 0 Å². The van der Waals surface area contributed by atoms with Crippen molar-refractivity contribution in [3.63, 3.8) is 0 Å². The first kappa shape index (κ1) is 20.4. The van der Waals surface area contributed by atoms with Crippen LogP contribution in [0, 0.1) is 0 Å². The standard InChI is InChI=1S/C23H26N6O3/c1-28(2)23-24-11-16-19(27-23)10-18(26-21(16)31)14-6-4-8-29(12-14)22(32)15-9-13-5-3-7-17(13)25-20(15)30/h9-11,14H,3-8,12H2,1-2H3,(H,25,30)(H,26,31)/t14-/m0/s1. The van der Waals surface area contributed by atoms with Gasteiger partial charge in [0.2, 0.25) is 5.95 Å². The van der Waals surface area contributed by atoms with Crippen LogP contribution < -0.4 is 16.0 Å². The SMILES string of the molecule is CN(C)c1ncc2c(=O)[nH]c([C@H]3CCCN(C(=O)c4cc5c([nH]c4=O)CCC5)C3)cc2n1. The summed E-state index contributed by atoms with van der Waals surface area (Å²) in [6.07, 6.45) is 5.94. The number of anilines is 1. The lowest BCUT2D eigenvalue weighted by molar-refractivity contribution is 0.0704. The molecule has 0 bridgehead atoms. The van der Waals surface area contributed by atoms with Crippen molar-refractivity contribution < 1.29 is 4.79 Å². The number of fused-ring (bicyclic) bond motifs is 2. The molecule has 1 saturated heterocycles. The summed E-state index contributed by atoms with van der Waals surface area (Å²) in [5, 5.41) is 0.438. The molecule has 5 rings (SSSR count). The summed E-state index contributed by atoms with van der Waals surface area (Å²) >= 11 is 0. The van der Waals surface area contributed by atoms with Crippen LogP contribution in [0.15, 0.2) is 27.9 Å². The minimum atomic E-state index is -0.315. The van der Waals surface area contributed by atoms with Gasteiger partial charge in [0.1, 0.15) is 5.56 Å². The van der Waals surface area contributed by atoms with E-state index in [4.69, 9.17) is 0 Å². The number of likely N-dealkylation sites (tertiary alicyclic amines) is 1. The van der Waals surface area contributed by atoms with E-state index in [1.165, 1.54) is 6.20 Å². The van der Waals surface area contributed by atoms with Gasteiger partial charge in [-0.15, -0.1) is 0 Å². The van der Waals surface area contributed by atoms with E-state index in [9.17, 15) is 14.4 Å². The molecule has 32 heavy (non-hydrogen) atoms. The molecule has 3 aromatic heterocycles. The smallest absolute Gasteiger partial charge is 0.261 e. The van der Waals surface area contributed by atoms with Gasteiger partial charge in [-0.05, 0) is 49.8 Å². The molecule has 4 heterocycles. The zero-order valence-corrected chi connectivity index (χ0v) is 18.3. The van der Waals surface area contributed by atoms with Gasteiger partial charge in [-0.25, -0.2) is 9.97 Å². The van der Waals surface area contributed by atoms with Crippen LogP contribution >= 0.6 is 0 Å². The van der Waals surface area contributed by atoms with E-state index in [0.29, 0.717) is 29.9 Å². The van der Waals surface area contributed by atoms with Gasteiger partial charge >= 0.3 is 0 Å². The number of H-pyrrole nitrogens is 2. The number of nitrogens with zero attached hydrogens (tertiary/aromatic N) is 4. The highest BCUT2D eigenvalue weighted by molar-refractivity contribution is 5.94. The number of pyridine rings is 2. The lowest BCUT2D eigenvalue weighted by Crippen LogP contribution is -2.41. The molecule has 0 spiro atoms. The highest BCUT2D eigenvalue weighted by Gasteiger charge is 2.29. The molecule has 0 unspecified atom stereocenters. The molecule has 2 aliphatic rings. The molecule has 0 aromatic carbocycles. The van der Waals surface area contributed by atoms with Crippen LogP contribution in [-0.2, 0) is 12.8 Å². The fourth-order valence-electron chi connectivity index (χ4n) is 4.75. The van der Waals surface area contributed by atoms with Gasteiger partial charge in [0, 0.05) is 50.7 Å². The molecule has 1 aliphatic heterocycles. The molecular formula is C23H26N6O3. The summed E-state index contributed by atoms with van der Waals surface area (Å²) in [6.45, 7) is 1.04. The van der Waals surface area contributed by atoms with Crippen LogP contribution in [-0.4, -0.2) is 57.9 Å². The maximum Gasteiger partial charge on any atom is 0.261 e. The largest absolute Gasteiger partial charge is 0.347 e. The van der Waals surface area contributed by atoms with Gasteiger partial charge in [0.25, 0.3) is 17.0 Å². The molecule has 0 radical (unpaired) electrons. The summed E-state index contributed by atoms with van der Waals surface area (Å²) in [7, 11) is 3.70. The number of aromatic amines is 2. The quantitative estimate of drug-likeness (QED) is 0.647. The first-order valence-corrected chi connectivity index (χ1v) is 11.0. The number of hydrogen-bond acceptors (Lipinski definition) is 6. The Labute approximate surface area is 184 Å². The van der Waals surface area contributed by atoms with Crippen LogP contribution in [0.1, 0.15) is 52.5 Å². The van der Waals surface area contributed by atoms with E-state index >= 15 is 0 Å². The topological polar surface area (TPSA) is 115 Å². The third-order valence-corrected chi connectivity index (χ3v) is 6.47. The van der Waals surface area contributed by atoms with Crippen molar-refractivity contribution in [2.45, 2.75) is 38.0 Å². The van der Waals surface area contributed by atoms with Crippen LogP contribution in [0.4, 0.5) is 5.95 Å². The number of carbonyl (C=O) groups is 1. The third kappa shape index (κ3) is 3.57. The average Bonchev–Trinajstić information content (AvgIpc) is 3.25. The lowest BCUT2D eigenvalue weighted by atomic mass is 9.93. The highest BCUT2D eigenvalue weighted by atomic mass is 16.2. The van der Waals surface area contributed by atoms with Crippen LogP contribution in [0.3, 0.4) is 0 Å². The maximum atomic E-state index is 13.2. The Hall–Kier alpha value is -3.49. The predicted molar refractivity (Wildman–Crippen MR) is 121 cm³/mol. The number of aryl methyl sites for hydroxylation is 2. The molecule has 0 saturated carbocycles. The van der Waals surface area contributed by atoms with Gasteiger partial charge < -0.3 is 19.8 Å². The average molecular weight is 435 g/mol.